The van der Waals surface area contributed by atoms with E-state index < -0.39 is 17.6 Å². The minimum atomic E-state index is -4.61. The highest BCUT2D eigenvalue weighted by Gasteiger charge is 2.32. The van der Waals surface area contributed by atoms with E-state index in [-0.39, 0.29) is 5.82 Å². The maximum atomic E-state index is 14.1. The molecule has 1 aliphatic heterocycles. The van der Waals surface area contributed by atoms with Gasteiger partial charge >= 0.3 is 6.18 Å². The third-order valence-electron chi connectivity index (χ3n) is 4.94. The van der Waals surface area contributed by atoms with Gasteiger partial charge in [0.05, 0.1) is 17.6 Å². The van der Waals surface area contributed by atoms with Crippen molar-refractivity contribution in [2.45, 2.75) is 12.7 Å². The second kappa shape index (κ2) is 7.01. The number of hydrogen-bond donors (Lipinski definition) is 0. The average Bonchev–Trinajstić information content (AvgIpc) is 2.98. The number of anilines is 1. The van der Waals surface area contributed by atoms with Crippen LogP contribution < -0.4 is 4.90 Å². The Hall–Kier alpha value is -2.75. The highest BCUT2D eigenvalue weighted by Crippen LogP contribution is 2.31. The summed E-state index contributed by atoms with van der Waals surface area (Å²) in [5.74, 6) is -0.120. The molecule has 28 heavy (non-hydrogen) atoms. The molecule has 148 valence electrons. The van der Waals surface area contributed by atoms with Gasteiger partial charge in [0.2, 0.25) is 0 Å². The number of fused-ring (bicyclic) bond motifs is 1. The third kappa shape index (κ3) is 3.51. The predicted molar refractivity (Wildman–Crippen MR) is 95.2 cm³/mol. The number of halogens is 4. The van der Waals surface area contributed by atoms with Crippen LogP contribution >= 0.6 is 0 Å². The van der Waals surface area contributed by atoms with E-state index in [1.165, 1.54) is 0 Å². The van der Waals surface area contributed by atoms with Crippen LogP contribution in [0.5, 0.6) is 0 Å². The Morgan fingerprint density at radius 1 is 1.11 bits per heavy atom. The number of hydrogen-bond acceptors (Lipinski definition) is 5. The Morgan fingerprint density at radius 3 is 2.50 bits per heavy atom. The fourth-order valence-corrected chi connectivity index (χ4v) is 3.35. The van der Waals surface area contributed by atoms with Crippen molar-refractivity contribution in [1.29, 1.82) is 0 Å². The topological polar surface area (TPSA) is 50.1 Å². The summed E-state index contributed by atoms with van der Waals surface area (Å²) >= 11 is 0. The van der Waals surface area contributed by atoms with Gasteiger partial charge < -0.3 is 9.47 Å². The van der Waals surface area contributed by atoms with Crippen LogP contribution in [-0.2, 0) is 19.8 Å². The number of pyridine rings is 2. The zero-order valence-electron chi connectivity index (χ0n) is 15.1. The fourth-order valence-electron chi connectivity index (χ4n) is 3.35. The van der Waals surface area contributed by atoms with Gasteiger partial charge in [-0.05, 0) is 18.2 Å². The lowest BCUT2D eigenvalue weighted by molar-refractivity contribution is -0.138. The lowest BCUT2D eigenvalue weighted by atomic mass is 10.2. The van der Waals surface area contributed by atoms with Crippen LogP contribution in [0.15, 0.2) is 30.6 Å². The van der Waals surface area contributed by atoms with Gasteiger partial charge in [-0.25, -0.2) is 19.3 Å². The maximum Gasteiger partial charge on any atom is 0.417 e. The van der Waals surface area contributed by atoms with E-state index in [1.54, 1.807) is 11.1 Å². The van der Waals surface area contributed by atoms with Crippen molar-refractivity contribution in [2.75, 3.05) is 31.1 Å². The van der Waals surface area contributed by atoms with Crippen molar-refractivity contribution >= 4 is 17.0 Å². The first-order valence-corrected chi connectivity index (χ1v) is 8.79. The van der Waals surface area contributed by atoms with Gasteiger partial charge in [0.15, 0.2) is 17.3 Å². The molecule has 0 atom stereocenters. The summed E-state index contributed by atoms with van der Waals surface area (Å²) in [6.45, 7) is 2.80. The molecule has 1 fully saturated rings. The van der Waals surface area contributed by atoms with Crippen LogP contribution in [0.2, 0.25) is 0 Å². The molecular formula is C18H18F4N6. The number of nitrogens with zero attached hydrogens (tertiary/aromatic N) is 6. The molecule has 1 saturated heterocycles. The van der Waals surface area contributed by atoms with E-state index in [0.29, 0.717) is 50.6 Å². The zero-order valence-corrected chi connectivity index (χ0v) is 15.1. The number of alkyl halides is 3. The normalized spacial score (nSPS) is 16.1. The molecule has 4 rings (SSSR count). The molecule has 0 unspecified atom stereocenters. The summed E-state index contributed by atoms with van der Waals surface area (Å²) in [5, 5.41) is 0. The van der Waals surface area contributed by atoms with E-state index in [0.717, 1.165) is 11.3 Å². The van der Waals surface area contributed by atoms with Crippen molar-refractivity contribution in [3.05, 3.63) is 47.8 Å². The Bertz CT molecular complexity index is 991. The lowest BCUT2D eigenvalue weighted by Gasteiger charge is -2.35. The second-order valence-electron chi connectivity index (χ2n) is 6.72. The molecule has 3 aromatic heterocycles. The van der Waals surface area contributed by atoms with E-state index in [9.17, 15) is 17.6 Å². The number of aryl methyl sites for hydroxylation is 1. The van der Waals surface area contributed by atoms with Crippen LogP contribution in [0, 0.1) is 5.82 Å². The first-order valence-electron chi connectivity index (χ1n) is 8.79. The molecule has 1 aliphatic rings. The molecule has 10 heteroatoms. The maximum absolute atomic E-state index is 14.1. The lowest BCUT2D eigenvalue weighted by Crippen LogP contribution is -2.46. The molecule has 0 bridgehead atoms. The minimum Gasteiger partial charge on any atom is -0.352 e. The molecule has 4 heterocycles. The van der Waals surface area contributed by atoms with Crippen LogP contribution in [0.1, 0.15) is 11.4 Å². The molecule has 0 aliphatic carbocycles. The summed E-state index contributed by atoms with van der Waals surface area (Å²) < 4.78 is 54.1. The summed E-state index contributed by atoms with van der Waals surface area (Å²) in [5.41, 5.74) is 0.560. The number of rotatable bonds is 3. The van der Waals surface area contributed by atoms with E-state index in [1.807, 2.05) is 23.7 Å². The van der Waals surface area contributed by atoms with Crippen LogP contribution in [0.3, 0.4) is 0 Å². The highest BCUT2D eigenvalue weighted by molar-refractivity contribution is 5.71. The predicted octanol–water partition coefficient (Wildman–Crippen LogP) is 2.84. The van der Waals surface area contributed by atoms with Gasteiger partial charge in [0, 0.05) is 45.6 Å². The standard InChI is InChI=1S/C18H18F4N6/c1-26-14-3-2-4-23-16(14)25-15(26)11-27-5-7-28(8-6-27)17-13(19)9-12(10-24-17)18(20,21)22/h2-4,9-10H,5-8,11H2,1H3/i19-1. The number of piperazine rings is 1. The average molecular weight is 393 g/mol. The SMILES string of the molecule is Cn1c(CN2CCN(c3ncc(C(F)(F)F)cc3[18F])CC2)nc2ncccc21. The molecule has 3 aromatic rings. The van der Waals surface area contributed by atoms with Gasteiger partial charge in [-0.1, -0.05) is 0 Å². The van der Waals surface area contributed by atoms with Crippen molar-refractivity contribution in [3.63, 3.8) is 0 Å². The Kier molecular flexibility index (Phi) is 4.66. The largest absolute Gasteiger partial charge is 0.417 e. The first kappa shape index (κ1) is 18.6. The molecular weight excluding hydrogens is 375 g/mol. The monoisotopic (exact) mass is 393 g/mol. The summed E-state index contributed by atoms with van der Waals surface area (Å²) in [4.78, 5) is 16.3. The molecule has 6 nitrogen and oxygen atoms in total. The minimum absolute atomic E-state index is 0.0421. The van der Waals surface area contributed by atoms with Crippen molar-refractivity contribution in [3.8, 4) is 0 Å². The summed E-state index contributed by atoms with van der Waals surface area (Å²) in [6.07, 6.45) is -2.23. The molecule has 0 saturated carbocycles. The Labute approximate surface area is 158 Å². The highest BCUT2D eigenvalue weighted by atomic mass is 19.4. The van der Waals surface area contributed by atoms with E-state index in [4.69, 9.17) is 0 Å². The van der Waals surface area contributed by atoms with Gasteiger partial charge in [-0.2, -0.15) is 13.2 Å². The van der Waals surface area contributed by atoms with Crippen molar-refractivity contribution < 1.29 is 17.6 Å². The van der Waals surface area contributed by atoms with Crippen LogP contribution in [0.25, 0.3) is 11.2 Å². The van der Waals surface area contributed by atoms with Crippen molar-refractivity contribution in [1.82, 2.24) is 24.4 Å². The van der Waals surface area contributed by atoms with Gasteiger partial charge in [-0.15, -0.1) is 0 Å². The van der Waals surface area contributed by atoms with E-state index in [2.05, 4.69) is 19.9 Å². The molecule has 0 amide bonds. The molecule has 0 spiro atoms. The summed E-state index contributed by atoms with van der Waals surface area (Å²) in [6, 6.07) is 4.31. The smallest absolute Gasteiger partial charge is 0.352 e. The zero-order chi connectivity index (χ0) is 19.9. The quantitative estimate of drug-likeness (QED) is 0.641. The number of aromatic nitrogens is 4. The van der Waals surface area contributed by atoms with Gasteiger partial charge in [-0.3, -0.25) is 4.90 Å². The first-order chi connectivity index (χ1) is 13.3. The molecule has 0 radical (unpaired) electrons. The van der Waals surface area contributed by atoms with Crippen molar-refractivity contribution in [2.24, 2.45) is 7.05 Å². The van der Waals surface area contributed by atoms with Gasteiger partial charge in [0.1, 0.15) is 5.82 Å². The summed E-state index contributed by atoms with van der Waals surface area (Å²) in [7, 11) is 1.93. The second-order valence-corrected chi connectivity index (χ2v) is 6.72. The third-order valence-corrected chi connectivity index (χ3v) is 4.94. The fraction of sp³-hybridized carbons (Fsp3) is 0.389. The van der Waals surface area contributed by atoms with E-state index >= 15 is 0 Å². The Morgan fingerprint density at radius 2 is 1.86 bits per heavy atom. The van der Waals surface area contributed by atoms with Crippen LogP contribution in [-0.4, -0.2) is 50.6 Å². The Balaban J connectivity index is 1.42. The molecule has 0 aromatic carbocycles. The molecule has 0 N–H and O–H groups in total. The number of imidazole rings is 1. The van der Waals surface area contributed by atoms with Crippen LogP contribution in [0.4, 0.5) is 23.4 Å². The van der Waals surface area contributed by atoms with Gasteiger partial charge in [0.25, 0.3) is 0 Å².